The molecule has 0 heterocycles. The average molecular weight is 276 g/mol. The Balaban J connectivity index is 2.57. The zero-order valence-electron chi connectivity index (χ0n) is 12.4. The van der Waals surface area contributed by atoms with Crippen molar-refractivity contribution >= 4 is 0 Å². The standard InChI is InChI=1S/C16H24N2O2/c1-3-4-13(7-8-19)11-18-12-15-9-14(10-17)5-6-16(15)20-2/h5-6,9,13,18-19H,3-4,7-8,11-12H2,1-2H3. The van der Waals surface area contributed by atoms with Gasteiger partial charge in [0, 0.05) is 18.7 Å². The van der Waals surface area contributed by atoms with Crippen molar-refractivity contribution in [3.05, 3.63) is 29.3 Å². The van der Waals surface area contributed by atoms with E-state index in [0.717, 1.165) is 37.1 Å². The van der Waals surface area contributed by atoms with Crippen molar-refractivity contribution < 1.29 is 9.84 Å². The maximum absolute atomic E-state index is 9.05. The highest BCUT2D eigenvalue weighted by molar-refractivity contribution is 5.41. The molecule has 0 aliphatic carbocycles. The summed E-state index contributed by atoms with van der Waals surface area (Å²) in [5.74, 6) is 1.29. The molecule has 0 aliphatic rings. The molecule has 4 nitrogen and oxygen atoms in total. The van der Waals surface area contributed by atoms with Crippen LogP contribution < -0.4 is 10.1 Å². The van der Waals surface area contributed by atoms with Crippen LogP contribution in [0.4, 0.5) is 0 Å². The molecular weight excluding hydrogens is 252 g/mol. The topological polar surface area (TPSA) is 65.3 Å². The third kappa shape index (κ3) is 5.20. The van der Waals surface area contributed by atoms with E-state index in [1.54, 1.807) is 13.2 Å². The van der Waals surface area contributed by atoms with Gasteiger partial charge in [-0.15, -0.1) is 0 Å². The van der Waals surface area contributed by atoms with Crippen molar-refractivity contribution in [3.63, 3.8) is 0 Å². The quantitative estimate of drug-likeness (QED) is 0.727. The first-order chi connectivity index (χ1) is 9.74. The van der Waals surface area contributed by atoms with Crippen LogP contribution in [0.5, 0.6) is 5.75 Å². The Hall–Kier alpha value is -1.57. The molecule has 0 amide bonds. The normalized spacial score (nSPS) is 11.9. The summed E-state index contributed by atoms with van der Waals surface area (Å²) in [6, 6.07) is 7.58. The lowest BCUT2D eigenvalue weighted by atomic mass is 10.00. The van der Waals surface area contributed by atoms with E-state index in [4.69, 9.17) is 15.1 Å². The summed E-state index contributed by atoms with van der Waals surface area (Å²) in [5, 5.41) is 21.4. The van der Waals surface area contributed by atoms with E-state index < -0.39 is 0 Å². The highest BCUT2D eigenvalue weighted by Gasteiger charge is 2.08. The van der Waals surface area contributed by atoms with E-state index >= 15 is 0 Å². The molecule has 0 spiro atoms. The van der Waals surface area contributed by atoms with Crippen molar-refractivity contribution in [2.75, 3.05) is 20.3 Å². The largest absolute Gasteiger partial charge is 0.496 e. The number of aliphatic hydroxyl groups excluding tert-OH is 1. The number of benzene rings is 1. The van der Waals surface area contributed by atoms with Crippen LogP contribution in [-0.2, 0) is 6.54 Å². The van der Waals surface area contributed by atoms with E-state index in [0.29, 0.717) is 18.0 Å². The van der Waals surface area contributed by atoms with Gasteiger partial charge in [0.05, 0.1) is 18.7 Å². The molecule has 0 saturated heterocycles. The van der Waals surface area contributed by atoms with Crippen LogP contribution in [0.25, 0.3) is 0 Å². The number of hydrogen-bond donors (Lipinski definition) is 2. The fourth-order valence-corrected chi connectivity index (χ4v) is 2.34. The molecule has 1 unspecified atom stereocenters. The lowest BCUT2D eigenvalue weighted by Crippen LogP contribution is -2.23. The minimum absolute atomic E-state index is 0.236. The number of hydrogen-bond acceptors (Lipinski definition) is 4. The summed E-state index contributed by atoms with van der Waals surface area (Å²) in [7, 11) is 1.64. The first-order valence-corrected chi connectivity index (χ1v) is 7.13. The second-order valence-corrected chi connectivity index (χ2v) is 4.94. The fourth-order valence-electron chi connectivity index (χ4n) is 2.34. The molecule has 110 valence electrons. The molecule has 0 aliphatic heterocycles. The maximum atomic E-state index is 9.05. The van der Waals surface area contributed by atoms with E-state index in [1.165, 1.54) is 0 Å². The van der Waals surface area contributed by atoms with Crippen LogP contribution in [0, 0.1) is 17.2 Å². The minimum Gasteiger partial charge on any atom is -0.496 e. The Bertz CT molecular complexity index is 435. The molecule has 0 saturated carbocycles. The Morgan fingerprint density at radius 2 is 2.20 bits per heavy atom. The summed E-state index contributed by atoms with van der Waals surface area (Å²) < 4.78 is 5.31. The Kier molecular flexibility index (Phi) is 7.71. The van der Waals surface area contributed by atoms with Crippen LogP contribution in [0.2, 0.25) is 0 Å². The van der Waals surface area contributed by atoms with Gasteiger partial charge >= 0.3 is 0 Å². The SMILES string of the molecule is CCCC(CCO)CNCc1cc(C#N)ccc1OC. The smallest absolute Gasteiger partial charge is 0.123 e. The number of nitrogens with one attached hydrogen (secondary N) is 1. The van der Waals surface area contributed by atoms with E-state index in [-0.39, 0.29) is 6.61 Å². The Labute approximate surface area is 121 Å². The lowest BCUT2D eigenvalue weighted by molar-refractivity contribution is 0.248. The van der Waals surface area contributed by atoms with E-state index in [1.807, 2.05) is 12.1 Å². The molecule has 20 heavy (non-hydrogen) atoms. The Morgan fingerprint density at radius 1 is 1.40 bits per heavy atom. The molecule has 0 bridgehead atoms. The van der Waals surface area contributed by atoms with E-state index in [2.05, 4.69) is 18.3 Å². The molecule has 1 atom stereocenters. The monoisotopic (exact) mass is 276 g/mol. The molecular formula is C16H24N2O2. The lowest BCUT2D eigenvalue weighted by Gasteiger charge is -2.16. The van der Waals surface area contributed by atoms with Gasteiger partial charge in [-0.2, -0.15) is 5.26 Å². The average Bonchev–Trinajstić information content (AvgIpc) is 2.47. The third-order valence-corrected chi connectivity index (χ3v) is 3.39. The Morgan fingerprint density at radius 3 is 2.80 bits per heavy atom. The van der Waals surface area contributed by atoms with Gasteiger partial charge in [-0.3, -0.25) is 0 Å². The predicted molar refractivity (Wildman–Crippen MR) is 79.5 cm³/mol. The molecule has 4 heteroatoms. The molecule has 2 N–H and O–H groups in total. The van der Waals surface area contributed by atoms with Gasteiger partial charge in [0.2, 0.25) is 0 Å². The number of ether oxygens (including phenoxy) is 1. The van der Waals surface area contributed by atoms with Crippen LogP contribution in [0.15, 0.2) is 18.2 Å². The second kappa shape index (κ2) is 9.35. The van der Waals surface area contributed by atoms with Gasteiger partial charge in [-0.1, -0.05) is 13.3 Å². The zero-order chi connectivity index (χ0) is 14.8. The highest BCUT2D eigenvalue weighted by atomic mass is 16.5. The van der Waals surface area contributed by atoms with Crippen LogP contribution in [0.3, 0.4) is 0 Å². The van der Waals surface area contributed by atoms with Gasteiger partial charge in [0.1, 0.15) is 5.75 Å². The molecule has 0 radical (unpaired) electrons. The molecule has 0 aromatic heterocycles. The molecule has 1 aromatic rings. The fraction of sp³-hybridized carbons (Fsp3) is 0.562. The number of aliphatic hydroxyl groups is 1. The number of nitrogens with zero attached hydrogens (tertiary/aromatic N) is 1. The summed E-state index contributed by atoms with van der Waals surface area (Å²) in [6.45, 7) is 3.93. The van der Waals surface area contributed by atoms with Crippen molar-refractivity contribution in [2.45, 2.75) is 32.7 Å². The summed E-state index contributed by atoms with van der Waals surface area (Å²) in [4.78, 5) is 0. The van der Waals surface area contributed by atoms with E-state index in [9.17, 15) is 0 Å². The summed E-state index contributed by atoms with van der Waals surface area (Å²) in [6.07, 6.45) is 3.07. The van der Waals surface area contributed by atoms with Crippen molar-refractivity contribution in [2.24, 2.45) is 5.92 Å². The molecule has 1 rings (SSSR count). The van der Waals surface area contributed by atoms with Gasteiger partial charge in [-0.05, 0) is 43.5 Å². The third-order valence-electron chi connectivity index (χ3n) is 3.39. The predicted octanol–water partition coefficient (Wildman–Crippen LogP) is 2.46. The molecule has 0 fully saturated rings. The first kappa shape index (κ1) is 16.5. The minimum atomic E-state index is 0.236. The van der Waals surface area contributed by atoms with Gasteiger partial charge in [-0.25, -0.2) is 0 Å². The summed E-state index contributed by atoms with van der Waals surface area (Å²) >= 11 is 0. The van der Waals surface area contributed by atoms with Gasteiger partial charge in [0.25, 0.3) is 0 Å². The van der Waals surface area contributed by atoms with Crippen molar-refractivity contribution in [1.29, 1.82) is 5.26 Å². The van der Waals surface area contributed by atoms with Crippen LogP contribution >= 0.6 is 0 Å². The van der Waals surface area contributed by atoms with Crippen molar-refractivity contribution in [3.8, 4) is 11.8 Å². The number of rotatable bonds is 9. The maximum Gasteiger partial charge on any atom is 0.123 e. The van der Waals surface area contributed by atoms with Crippen LogP contribution in [-0.4, -0.2) is 25.4 Å². The molecule has 1 aromatic carbocycles. The van der Waals surface area contributed by atoms with Crippen LogP contribution in [0.1, 0.15) is 37.3 Å². The highest BCUT2D eigenvalue weighted by Crippen LogP contribution is 2.19. The number of nitriles is 1. The summed E-state index contributed by atoms with van der Waals surface area (Å²) in [5.41, 5.74) is 1.63. The van der Waals surface area contributed by atoms with Gasteiger partial charge < -0.3 is 15.2 Å². The van der Waals surface area contributed by atoms with Crippen molar-refractivity contribution in [1.82, 2.24) is 5.32 Å². The zero-order valence-corrected chi connectivity index (χ0v) is 12.4. The number of methoxy groups -OCH3 is 1. The second-order valence-electron chi connectivity index (χ2n) is 4.94. The first-order valence-electron chi connectivity index (χ1n) is 7.13. The van der Waals surface area contributed by atoms with Gasteiger partial charge in [0.15, 0.2) is 0 Å².